The van der Waals surface area contributed by atoms with E-state index in [1.54, 1.807) is 11.8 Å². The van der Waals surface area contributed by atoms with Crippen LogP contribution in [0.15, 0.2) is 33.9 Å². The van der Waals surface area contributed by atoms with Gasteiger partial charge in [-0.25, -0.2) is 0 Å². The molecule has 0 fully saturated rings. The van der Waals surface area contributed by atoms with Gasteiger partial charge >= 0.3 is 5.91 Å². The van der Waals surface area contributed by atoms with E-state index < -0.39 is 5.91 Å². The number of fused-ring (bicyclic) bond motifs is 2. The smallest absolute Gasteiger partial charge is 0.318 e. The Morgan fingerprint density at radius 2 is 2.25 bits per heavy atom. The van der Waals surface area contributed by atoms with Gasteiger partial charge in [0, 0.05) is 30.5 Å². The molecule has 9 heteroatoms. The number of aromatic nitrogens is 2. The Hall–Kier alpha value is -2.26. The molecule has 0 saturated heterocycles. The first-order chi connectivity index (χ1) is 11.8. The number of hydrogen-bond donors (Lipinski definition) is 0. The Labute approximate surface area is 144 Å². The van der Waals surface area contributed by atoms with E-state index in [1.807, 2.05) is 23.0 Å². The van der Waals surface area contributed by atoms with Crippen LogP contribution in [-0.2, 0) is 6.54 Å². The molecule has 0 N–H and O–H groups in total. The Kier molecular flexibility index (Phi) is 4.03. The molecule has 4 rings (SSSR count). The van der Waals surface area contributed by atoms with Crippen molar-refractivity contribution in [2.75, 3.05) is 18.8 Å². The topological polar surface area (TPSA) is 78.9 Å². The molecule has 3 aromatic rings. The molecule has 0 spiro atoms. The summed E-state index contributed by atoms with van der Waals surface area (Å²) in [6, 6.07) is 5.36. The molecule has 0 aliphatic carbocycles. The summed E-state index contributed by atoms with van der Waals surface area (Å²) in [7, 11) is 0. The fraction of sp³-hybridized carbons (Fsp3) is 0.267. The van der Waals surface area contributed by atoms with Crippen molar-refractivity contribution in [3.8, 4) is 11.5 Å². The molecule has 1 aliphatic rings. The van der Waals surface area contributed by atoms with Gasteiger partial charge in [-0.2, -0.15) is 16.8 Å². The summed E-state index contributed by atoms with van der Waals surface area (Å²) in [6.45, 7) is 0.974. The number of thioether (sulfide) groups is 1. The zero-order chi connectivity index (χ0) is 16.5. The van der Waals surface area contributed by atoms with Crippen LogP contribution >= 0.6 is 23.1 Å². The van der Waals surface area contributed by atoms with Crippen molar-refractivity contribution in [2.45, 2.75) is 6.54 Å². The first-order valence-electron chi connectivity index (χ1n) is 7.18. The number of carbonyl (C=O) groups is 1. The van der Waals surface area contributed by atoms with Crippen LogP contribution in [0.3, 0.4) is 0 Å². The zero-order valence-electron chi connectivity index (χ0n) is 12.7. The molecule has 0 atom stereocenters. The SMILES string of the molecule is CSCCn1c(=NC(=O)c2ccno2)sc2cc3c(cc21)OCO3. The molecule has 1 aliphatic heterocycles. The maximum atomic E-state index is 12.2. The predicted octanol–water partition coefficient (Wildman–Crippen LogP) is 2.52. The second-order valence-corrected chi connectivity index (χ2v) is 6.99. The molecule has 0 unspecified atom stereocenters. The van der Waals surface area contributed by atoms with E-state index in [0.717, 1.165) is 22.5 Å². The normalized spacial score (nSPS) is 13.8. The molecular weight excluding hydrogens is 350 g/mol. The number of aryl methyl sites for hydroxylation is 1. The van der Waals surface area contributed by atoms with Gasteiger partial charge in [-0.15, -0.1) is 0 Å². The fourth-order valence-electron chi connectivity index (χ4n) is 2.41. The number of hydrogen-bond acceptors (Lipinski definition) is 7. The zero-order valence-corrected chi connectivity index (χ0v) is 14.4. The van der Waals surface area contributed by atoms with Gasteiger partial charge in [0.05, 0.1) is 16.4 Å². The highest BCUT2D eigenvalue weighted by Crippen LogP contribution is 2.37. The lowest BCUT2D eigenvalue weighted by atomic mass is 10.3. The third kappa shape index (κ3) is 2.69. The number of amides is 1. The van der Waals surface area contributed by atoms with Gasteiger partial charge in [-0.05, 0) is 6.26 Å². The maximum Gasteiger partial charge on any atom is 0.318 e. The highest BCUT2D eigenvalue weighted by atomic mass is 32.2. The van der Waals surface area contributed by atoms with Crippen LogP contribution in [0.1, 0.15) is 10.6 Å². The number of thiazole rings is 1. The second kappa shape index (κ2) is 6.33. The minimum Gasteiger partial charge on any atom is -0.454 e. The highest BCUT2D eigenvalue weighted by Gasteiger charge is 2.18. The third-order valence-electron chi connectivity index (χ3n) is 3.54. The minimum absolute atomic E-state index is 0.123. The molecule has 2 aromatic heterocycles. The van der Waals surface area contributed by atoms with Crippen molar-refractivity contribution in [3.05, 3.63) is 35.0 Å². The summed E-state index contributed by atoms with van der Waals surface area (Å²) in [4.78, 5) is 17.0. The van der Waals surface area contributed by atoms with Crippen molar-refractivity contribution >= 4 is 39.2 Å². The van der Waals surface area contributed by atoms with Crippen molar-refractivity contribution < 1.29 is 18.8 Å². The van der Waals surface area contributed by atoms with E-state index >= 15 is 0 Å². The molecule has 0 bridgehead atoms. The molecule has 1 aromatic carbocycles. The van der Waals surface area contributed by atoms with Crippen LogP contribution in [-0.4, -0.2) is 34.4 Å². The van der Waals surface area contributed by atoms with Gasteiger partial charge in [0.1, 0.15) is 0 Å². The Morgan fingerprint density at radius 3 is 3.00 bits per heavy atom. The molecule has 0 radical (unpaired) electrons. The van der Waals surface area contributed by atoms with Gasteiger partial charge in [0.15, 0.2) is 16.3 Å². The summed E-state index contributed by atoms with van der Waals surface area (Å²) in [6.07, 6.45) is 3.47. The molecular formula is C15H13N3O4S2. The van der Waals surface area contributed by atoms with Gasteiger partial charge < -0.3 is 18.6 Å². The Balaban J connectivity index is 1.86. The molecule has 0 saturated carbocycles. The number of rotatable bonds is 4. The monoisotopic (exact) mass is 363 g/mol. The first-order valence-corrected chi connectivity index (χ1v) is 9.39. The lowest BCUT2D eigenvalue weighted by Crippen LogP contribution is -2.18. The van der Waals surface area contributed by atoms with Crippen LogP contribution in [0.25, 0.3) is 10.2 Å². The average molecular weight is 363 g/mol. The van der Waals surface area contributed by atoms with Crippen LogP contribution in [0.5, 0.6) is 11.5 Å². The molecule has 7 nitrogen and oxygen atoms in total. The van der Waals surface area contributed by atoms with Crippen LogP contribution in [0, 0.1) is 0 Å². The lowest BCUT2D eigenvalue weighted by molar-refractivity contribution is 0.0962. The van der Waals surface area contributed by atoms with E-state index in [4.69, 9.17) is 14.0 Å². The van der Waals surface area contributed by atoms with E-state index in [-0.39, 0.29) is 12.6 Å². The van der Waals surface area contributed by atoms with Gasteiger partial charge in [-0.3, -0.25) is 4.79 Å². The highest BCUT2D eigenvalue weighted by molar-refractivity contribution is 7.98. The van der Waals surface area contributed by atoms with E-state index in [0.29, 0.717) is 16.3 Å². The van der Waals surface area contributed by atoms with Crippen molar-refractivity contribution in [1.82, 2.24) is 9.72 Å². The quantitative estimate of drug-likeness (QED) is 0.709. The van der Waals surface area contributed by atoms with Gasteiger partial charge in [0.2, 0.25) is 12.6 Å². The molecule has 24 heavy (non-hydrogen) atoms. The van der Waals surface area contributed by atoms with Crippen molar-refractivity contribution in [3.63, 3.8) is 0 Å². The number of benzene rings is 1. The largest absolute Gasteiger partial charge is 0.454 e. The Bertz CT molecular complexity index is 959. The minimum atomic E-state index is -0.447. The van der Waals surface area contributed by atoms with E-state index in [9.17, 15) is 4.79 Å². The van der Waals surface area contributed by atoms with Crippen LogP contribution in [0.2, 0.25) is 0 Å². The second-order valence-electron chi connectivity index (χ2n) is 5.00. The van der Waals surface area contributed by atoms with Crippen molar-refractivity contribution in [2.24, 2.45) is 4.99 Å². The first kappa shape index (κ1) is 15.3. The summed E-state index contributed by atoms with van der Waals surface area (Å²) in [5.74, 6) is 2.01. The van der Waals surface area contributed by atoms with Gasteiger partial charge in [0.25, 0.3) is 0 Å². The van der Waals surface area contributed by atoms with Crippen molar-refractivity contribution in [1.29, 1.82) is 0 Å². The predicted molar refractivity (Wildman–Crippen MR) is 90.7 cm³/mol. The summed E-state index contributed by atoms with van der Waals surface area (Å²) in [5, 5.41) is 3.55. The van der Waals surface area contributed by atoms with Gasteiger partial charge in [-0.1, -0.05) is 16.5 Å². The molecule has 124 valence electrons. The van der Waals surface area contributed by atoms with Crippen LogP contribution < -0.4 is 14.3 Å². The molecule has 1 amide bonds. The maximum absolute atomic E-state index is 12.2. The third-order valence-corrected chi connectivity index (χ3v) is 5.17. The van der Waals surface area contributed by atoms with E-state index in [1.165, 1.54) is 23.6 Å². The van der Waals surface area contributed by atoms with Crippen LogP contribution in [0.4, 0.5) is 0 Å². The number of nitrogens with zero attached hydrogens (tertiary/aromatic N) is 3. The average Bonchev–Trinajstić information content (AvgIpc) is 3.30. The standard InChI is InChI=1S/C15H13N3O4S2/c1-23-5-4-18-9-6-11-12(21-8-20-11)7-13(9)24-15(18)17-14(19)10-2-3-16-22-10/h2-3,6-7H,4-5,8H2,1H3. The Morgan fingerprint density at radius 1 is 1.42 bits per heavy atom. The fourth-order valence-corrected chi connectivity index (χ4v) is 3.84. The molecule has 3 heterocycles. The summed E-state index contributed by atoms with van der Waals surface area (Å²) >= 11 is 3.17. The van der Waals surface area contributed by atoms with E-state index in [2.05, 4.69) is 10.1 Å². The number of carbonyl (C=O) groups excluding carboxylic acids is 1. The lowest BCUT2D eigenvalue weighted by Gasteiger charge is -2.04. The summed E-state index contributed by atoms with van der Waals surface area (Å²) < 4.78 is 18.8. The number of ether oxygens (including phenoxy) is 2. The summed E-state index contributed by atoms with van der Waals surface area (Å²) in [5.41, 5.74) is 0.974.